The summed E-state index contributed by atoms with van der Waals surface area (Å²) < 4.78 is 68.3. The van der Waals surface area contributed by atoms with Crippen molar-refractivity contribution in [1.82, 2.24) is 0 Å². The van der Waals surface area contributed by atoms with Gasteiger partial charge in [0.05, 0.1) is 26.4 Å². The first-order valence-electron chi connectivity index (χ1n) is 39.0. The fourth-order valence-corrected chi connectivity index (χ4v) is 11.2. The quantitative estimate of drug-likeness (QED) is 0.0169. The third kappa shape index (κ3) is 74.4. The number of esters is 4. The summed E-state index contributed by atoms with van der Waals surface area (Å²) in [5.41, 5.74) is 0. The van der Waals surface area contributed by atoms with Crippen LogP contribution in [0, 0.1) is 0 Å². The monoisotopic (exact) mass is 1490 g/mol. The summed E-state index contributed by atoms with van der Waals surface area (Å²) in [4.78, 5) is 72.9. The van der Waals surface area contributed by atoms with E-state index in [2.05, 4.69) is 174 Å². The fraction of sp³-hybridized carbons (Fsp3) is 0.600. The number of carbonyl (C=O) groups is 4. The summed E-state index contributed by atoms with van der Waals surface area (Å²) in [6.45, 7) is 4.31. The Kier molecular flexibility index (Phi) is 71.2. The van der Waals surface area contributed by atoms with Gasteiger partial charge < -0.3 is 33.8 Å². The van der Waals surface area contributed by atoms with Gasteiger partial charge in [0.15, 0.2) is 12.2 Å². The Labute approximate surface area is 628 Å². The first-order valence-corrected chi connectivity index (χ1v) is 42.0. The van der Waals surface area contributed by atoms with Crippen LogP contribution in [0.4, 0.5) is 0 Å². The largest absolute Gasteiger partial charge is 0.472 e. The van der Waals surface area contributed by atoms with Gasteiger partial charge in [-0.1, -0.05) is 293 Å². The lowest BCUT2D eigenvalue weighted by molar-refractivity contribution is -0.161. The lowest BCUT2D eigenvalue weighted by Gasteiger charge is -2.21. The molecular weight excluding hydrogens is 1350 g/mol. The Morgan fingerprint density at radius 3 is 0.846 bits per heavy atom. The molecule has 104 heavy (non-hydrogen) atoms. The zero-order valence-corrected chi connectivity index (χ0v) is 65.9. The number of aliphatic hydroxyl groups excluding tert-OH is 1. The molecule has 0 aliphatic heterocycles. The predicted molar refractivity (Wildman–Crippen MR) is 426 cm³/mol. The van der Waals surface area contributed by atoms with Gasteiger partial charge in [-0.15, -0.1) is 0 Å². The predicted octanol–water partition coefficient (Wildman–Crippen LogP) is 22.8. The van der Waals surface area contributed by atoms with Gasteiger partial charge in [-0.2, -0.15) is 0 Å². The standard InChI is InChI=1S/C85H136O17P2/c1-5-9-13-17-21-25-29-32-35-37-39-41-44-47-51-54-58-62-66-70-83(88)96-76-81(102-85(90)72-68-64-60-56-52-48-45-42-40-38-36-33-30-26-22-18-14-10-6-2)78-100-104(93,94)98-74-79(86)73-97-103(91,92)99-77-80(101-84(89)71-67-63-59-55-49-28-24-20-16-12-8-4)75-95-82(87)69-65-61-57-53-50-46-43-34-31-27-23-19-15-11-7-3/h9-11,13-15,21-23,25-27,32-36,39-43,47-48,51-52,58,60,62,64,79-81,86H,5-8,12,16-20,24,28-31,37-38,44-46,49-50,53-57,59,61,63,65-78H2,1-4H3,(H,91,92)(H,93,94)/b13-9-,14-10-,15-11-,25-21-,26-22-,27-23-,35-32-,36-33-,41-39-,42-40-,43-34-,51-47-,52-48-,62-58-,64-60-. The van der Waals surface area contributed by atoms with E-state index in [1.165, 1.54) is 38.5 Å². The molecule has 0 aromatic rings. The van der Waals surface area contributed by atoms with Crippen LogP contribution >= 0.6 is 15.6 Å². The highest BCUT2D eigenvalue weighted by atomic mass is 31.2. The zero-order chi connectivity index (χ0) is 76.0. The molecule has 0 aliphatic rings. The highest BCUT2D eigenvalue weighted by molar-refractivity contribution is 7.47. The molecule has 0 fully saturated rings. The maximum atomic E-state index is 13.1. The molecule has 5 atom stereocenters. The van der Waals surface area contributed by atoms with Crippen LogP contribution in [0.2, 0.25) is 0 Å². The second-order valence-electron chi connectivity index (χ2n) is 25.2. The summed E-state index contributed by atoms with van der Waals surface area (Å²) in [6.07, 6.45) is 90.6. The molecular formula is C85H136O17P2. The average Bonchev–Trinajstić information content (AvgIpc) is 0.928. The maximum Gasteiger partial charge on any atom is 0.472 e. The number of rotatable bonds is 71. The van der Waals surface area contributed by atoms with Crippen LogP contribution in [0.15, 0.2) is 182 Å². The number of allylic oxidation sites excluding steroid dienone is 30. The average molecular weight is 1490 g/mol. The van der Waals surface area contributed by atoms with Gasteiger partial charge in [0.1, 0.15) is 19.3 Å². The van der Waals surface area contributed by atoms with E-state index in [4.69, 9.17) is 37.0 Å². The van der Waals surface area contributed by atoms with Gasteiger partial charge in [-0.25, -0.2) is 9.13 Å². The minimum absolute atomic E-state index is 0.0131. The number of phosphoric ester groups is 2. The third-order valence-corrected chi connectivity index (χ3v) is 17.3. The normalized spacial score (nSPS) is 14.9. The van der Waals surface area contributed by atoms with Gasteiger partial charge in [0.25, 0.3) is 0 Å². The lowest BCUT2D eigenvalue weighted by Crippen LogP contribution is -2.30. The van der Waals surface area contributed by atoms with Crippen molar-refractivity contribution in [2.45, 2.75) is 290 Å². The molecule has 5 unspecified atom stereocenters. The van der Waals surface area contributed by atoms with Crippen molar-refractivity contribution in [2.75, 3.05) is 39.6 Å². The van der Waals surface area contributed by atoms with E-state index >= 15 is 0 Å². The third-order valence-electron chi connectivity index (χ3n) is 15.4. The molecule has 0 heterocycles. The van der Waals surface area contributed by atoms with E-state index in [-0.39, 0.29) is 25.7 Å². The minimum atomic E-state index is -5.02. The van der Waals surface area contributed by atoms with Gasteiger partial charge in [0, 0.05) is 25.7 Å². The van der Waals surface area contributed by atoms with Gasteiger partial charge >= 0.3 is 39.5 Å². The van der Waals surface area contributed by atoms with Gasteiger partial charge in [-0.3, -0.25) is 37.3 Å². The summed E-state index contributed by atoms with van der Waals surface area (Å²) in [6, 6.07) is 0. The summed E-state index contributed by atoms with van der Waals surface area (Å²) >= 11 is 0. The first-order chi connectivity index (χ1) is 50.7. The van der Waals surface area contributed by atoms with E-state index in [9.17, 15) is 43.2 Å². The van der Waals surface area contributed by atoms with E-state index < -0.39 is 97.5 Å². The van der Waals surface area contributed by atoms with Crippen molar-refractivity contribution < 1.29 is 80.2 Å². The molecule has 0 aromatic carbocycles. The molecule has 0 aromatic heterocycles. The Morgan fingerprint density at radius 1 is 0.279 bits per heavy atom. The Morgan fingerprint density at radius 2 is 0.519 bits per heavy atom. The van der Waals surface area contributed by atoms with Crippen molar-refractivity contribution in [3.8, 4) is 0 Å². The van der Waals surface area contributed by atoms with Crippen molar-refractivity contribution in [3.05, 3.63) is 182 Å². The maximum absolute atomic E-state index is 13.1. The first kappa shape index (κ1) is 98.2. The van der Waals surface area contributed by atoms with Crippen LogP contribution in [0.1, 0.15) is 272 Å². The van der Waals surface area contributed by atoms with Crippen LogP contribution in [0.3, 0.4) is 0 Å². The Bertz CT molecular complexity index is 2690. The summed E-state index contributed by atoms with van der Waals surface area (Å²) in [5.74, 6) is -2.41. The lowest BCUT2D eigenvalue weighted by atomic mass is 10.1. The smallest absolute Gasteiger partial charge is 0.462 e. The second kappa shape index (κ2) is 75.4. The minimum Gasteiger partial charge on any atom is -0.462 e. The van der Waals surface area contributed by atoms with Crippen molar-refractivity contribution in [2.24, 2.45) is 0 Å². The Hall–Kier alpha value is -5.84. The number of unbranched alkanes of at least 4 members (excludes halogenated alkanes) is 15. The van der Waals surface area contributed by atoms with Crippen molar-refractivity contribution in [1.29, 1.82) is 0 Å². The van der Waals surface area contributed by atoms with Crippen LogP contribution in [0.5, 0.6) is 0 Å². The highest BCUT2D eigenvalue weighted by Gasteiger charge is 2.30. The SMILES string of the molecule is CC/C=C\C/C=C\C/C=C\C/C=C\C/C=C\C/C=C\CCC(=O)OCC(COP(=O)(O)OCC(O)COP(=O)(O)OCC(COC(=O)CCCCCCC/C=C\C/C=C\C/C=C\CC)OC(=O)CCCCCCCCCCCCC)OC(=O)CC/C=C\C/C=C\C/C=C\C/C=C\C/C=C\C/C=C\CC. The van der Waals surface area contributed by atoms with E-state index in [1.807, 2.05) is 36.5 Å². The molecule has 0 rings (SSSR count). The molecule has 17 nitrogen and oxygen atoms in total. The second-order valence-corrected chi connectivity index (χ2v) is 28.1. The molecule has 0 aliphatic carbocycles. The van der Waals surface area contributed by atoms with E-state index in [1.54, 1.807) is 0 Å². The zero-order valence-electron chi connectivity index (χ0n) is 64.1. The van der Waals surface area contributed by atoms with Crippen LogP contribution in [-0.4, -0.2) is 96.7 Å². The van der Waals surface area contributed by atoms with Crippen molar-refractivity contribution in [3.63, 3.8) is 0 Å². The molecule has 0 saturated carbocycles. The molecule has 0 spiro atoms. The fourth-order valence-electron chi connectivity index (χ4n) is 9.58. The molecule has 19 heteroatoms. The topological polar surface area (TPSA) is 237 Å². The number of ether oxygens (including phenoxy) is 4. The van der Waals surface area contributed by atoms with E-state index in [0.717, 1.165) is 141 Å². The number of aliphatic hydroxyl groups is 1. The molecule has 0 radical (unpaired) electrons. The molecule has 3 N–H and O–H groups in total. The Balaban J connectivity index is 5.51. The summed E-state index contributed by atoms with van der Waals surface area (Å²) in [5, 5.41) is 10.6. The number of carbonyl (C=O) groups excluding carboxylic acids is 4. The van der Waals surface area contributed by atoms with Gasteiger partial charge in [0.2, 0.25) is 0 Å². The molecule has 0 amide bonds. The molecule has 0 bridgehead atoms. The highest BCUT2D eigenvalue weighted by Crippen LogP contribution is 2.45. The van der Waals surface area contributed by atoms with Crippen LogP contribution in [-0.2, 0) is 65.4 Å². The van der Waals surface area contributed by atoms with Crippen LogP contribution < -0.4 is 0 Å². The van der Waals surface area contributed by atoms with E-state index in [0.29, 0.717) is 38.5 Å². The van der Waals surface area contributed by atoms with Crippen LogP contribution in [0.25, 0.3) is 0 Å². The molecule has 588 valence electrons. The number of phosphoric acid groups is 2. The number of hydrogen-bond acceptors (Lipinski definition) is 15. The molecule has 0 saturated heterocycles. The summed E-state index contributed by atoms with van der Waals surface area (Å²) in [7, 11) is -10.0. The van der Waals surface area contributed by atoms with Crippen molar-refractivity contribution >= 4 is 39.5 Å². The van der Waals surface area contributed by atoms with Gasteiger partial charge in [-0.05, 0) is 135 Å². The number of hydrogen-bond donors (Lipinski definition) is 3.